The Morgan fingerprint density at radius 2 is 1.21 bits per heavy atom. The third kappa shape index (κ3) is 3.71. The average molecular weight is 262 g/mol. The molecule has 0 aromatic heterocycles. The van der Waals surface area contributed by atoms with Gasteiger partial charge in [0.25, 0.3) is 0 Å². The number of hydrogen-bond donors (Lipinski definition) is 0. The van der Waals surface area contributed by atoms with Crippen LogP contribution in [0.2, 0.25) is 0 Å². The molecule has 0 bridgehead atoms. The fraction of sp³-hybridized carbons (Fsp3) is 0.500. The summed E-state index contributed by atoms with van der Waals surface area (Å²) >= 11 is 1.26. The molecule has 0 fully saturated rings. The third-order valence-electron chi connectivity index (χ3n) is 2.37. The Morgan fingerprint density at radius 1 is 0.857 bits per heavy atom. The van der Waals surface area contributed by atoms with Crippen LogP contribution in [0.4, 0.5) is 0 Å². The Labute approximate surface area is 104 Å². The fourth-order valence-corrected chi connectivity index (χ4v) is 2.40. The van der Waals surface area contributed by atoms with E-state index >= 15 is 0 Å². The molecule has 74 valence electrons. The molecule has 0 nitrogen and oxygen atoms in total. The number of hydrogen-bond acceptors (Lipinski definition) is 0. The van der Waals surface area contributed by atoms with Crippen molar-refractivity contribution in [3.8, 4) is 0 Å². The van der Waals surface area contributed by atoms with E-state index in [4.69, 9.17) is 0 Å². The van der Waals surface area contributed by atoms with Gasteiger partial charge in [-0.25, -0.2) is 0 Å². The first-order valence-corrected chi connectivity index (χ1v) is 6.46. The zero-order chi connectivity index (χ0) is 10.0. The van der Waals surface area contributed by atoms with Crippen molar-refractivity contribution in [2.24, 2.45) is 0 Å². The van der Waals surface area contributed by atoms with Crippen LogP contribution in [0.3, 0.4) is 0 Å². The number of rotatable bonds is 2. The molecule has 0 N–H and O–H groups in total. The smallest absolute Gasteiger partial charge is 1.00 e. The maximum Gasteiger partial charge on any atom is -1.00 e. The Kier molecular flexibility index (Phi) is 5.94. The molecule has 14 heavy (non-hydrogen) atoms. The summed E-state index contributed by atoms with van der Waals surface area (Å²) in [6.45, 7) is 9.05. The molecule has 1 rings (SSSR count). The molecule has 2 heteroatoms. The predicted molar refractivity (Wildman–Crippen MR) is 54.3 cm³/mol. The van der Waals surface area contributed by atoms with Crippen molar-refractivity contribution in [2.45, 2.75) is 39.5 Å². The van der Waals surface area contributed by atoms with E-state index < -0.39 is 0 Å². The van der Waals surface area contributed by atoms with Gasteiger partial charge in [0.05, 0.1) is 0 Å². The van der Waals surface area contributed by atoms with Crippen LogP contribution in [0.15, 0.2) is 18.2 Å². The Bertz CT molecular complexity index is 266. The zero-order valence-electron chi connectivity index (χ0n) is 9.47. The van der Waals surface area contributed by atoms with Gasteiger partial charge in [0, 0.05) is 0 Å². The molecular weight excluding hydrogens is 245 g/mol. The van der Waals surface area contributed by atoms with Gasteiger partial charge in [-0.1, -0.05) is 0 Å². The summed E-state index contributed by atoms with van der Waals surface area (Å²) in [5.41, 5.74) is 2.99. The summed E-state index contributed by atoms with van der Waals surface area (Å²) in [6, 6.07) is 7.04. The Balaban J connectivity index is 0.00000169. The van der Waals surface area contributed by atoms with E-state index in [-0.39, 0.29) is 12.4 Å². The maximum absolute atomic E-state index is 2.36. The SMILES string of the molecule is CC(C)c1c[c]([Zn+])cc(C(C)C)c1.[Cl-]. The van der Waals surface area contributed by atoms with Crippen molar-refractivity contribution >= 4 is 4.16 Å². The summed E-state index contributed by atoms with van der Waals surface area (Å²) < 4.78 is 1.51. The van der Waals surface area contributed by atoms with E-state index in [1.807, 2.05) is 0 Å². The van der Waals surface area contributed by atoms with Gasteiger partial charge in [-0.05, 0) is 0 Å². The largest absolute Gasteiger partial charge is 1.00 e. The van der Waals surface area contributed by atoms with Crippen LogP contribution in [-0.4, -0.2) is 0 Å². The van der Waals surface area contributed by atoms with Crippen LogP contribution in [0.25, 0.3) is 0 Å². The van der Waals surface area contributed by atoms with Crippen molar-refractivity contribution < 1.29 is 30.7 Å². The van der Waals surface area contributed by atoms with Crippen molar-refractivity contribution in [1.29, 1.82) is 0 Å². The van der Waals surface area contributed by atoms with Gasteiger partial charge in [-0.15, -0.1) is 0 Å². The quantitative estimate of drug-likeness (QED) is 0.664. The van der Waals surface area contributed by atoms with Gasteiger partial charge >= 0.3 is 91.3 Å². The van der Waals surface area contributed by atoms with E-state index in [0.29, 0.717) is 11.8 Å². The van der Waals surface area contributed by atoms with Gasteiger partial charge in [-0.3, -0.25) is 0 Å². The molecule has 0 heterocycles. The van der Waals surface area contributed by atoms with Crippen LogP contribution >= 0.6 is 0 Å². The molecule has 0 saturated heterocycles. The molecule has 0 atom stereocenters. The van der Waals surface area contributed by atoms with E-state index in [1.54, 1.807) is 0 Å². The van der Waals surface area contributed by atoms with Gasteiger partial charge in [0.15, 0.2) is 0 Å². The molecule has 0 radical (unpaired) electrons. The molecule has 0 spiro atoms. The predicted octanol–water partition coefficient (Wildman–Crippen LogP) is 0.109. The minimum Gasteiger partial charge on any atom is -1.00 e. The normalized spacial score (nSPS) is 10.6. The molecule has 1 aromatic carbocycles. The third-order valence-corrected chi connectivity index (χ3v) is 3.23. The second-order valence-corrected chi connectivity index (χ2v) is 6.03. The van der Waals surface area contributed by atoms with Gasteiger partial charge < -0.3 is 12.4 Å². The monoisotopic (exact) mass is 260 g/mol. The molecule has 0 aliphatic carbocycles. The molecule has 1 aromatic rings. The number of benzene rings is 1. The van der Waals surface area contributed by atoms with E-state index in [0.717, 1.165) is 0 Å². The van der Waals surface area contributed by atoms with Crippen LogP contribution in [0, 0.1) is 0 Å². The summed E-state index contributed by atoms with van der Waals surface area (Å²) in [6.07, 6.45) is 0. The minimum absolute atomic E-state index is 0. The second-order valence-electron chi connectivity index (χ2n) is 4.32. The van der Waals surface area contributed by atoms with Crippen LogP contribution in [0.5, 0.6) is 0 Å². The topological polar surface area (TPSA) is 0 Å². The first kappa shape index (κ1) is 14.1. The summed E-state index contributed by atoms with van der Waals surface area (Å²) in [5.74, 6) is 1.31. The Hall–Kier alpha value is 0.133. The summed E-state index contributed by atoms with van der Waals surface area (Å²) in [4.78, 5) is 0. The molecule has 0 unspecified atom stereocenters. The summed E-state index contributed by atoms with van der Waals surface area (Å²) in [7, 11) is 0. The van der Waals surface area contributed by atoms with E-state index in [1.165, 1.54) is 33.6 Å². The summed E-state index contributed by atoms with van der Waals surface area (Å²) in [5, 5.41) is 0. The molecule has 0 aliphatic rings. The van der Waals surface area contributed by atoms with Crippen LogP contribution < -0.4 is 16.6 Å². The van der Waals surface area contributed by atoms with Crippen LogP contribution in [0.1, 0.15) is 50.7 Å². The van der Waals surface area contributed by atoms with Gasteiger partial charge in [0.1, 0.15) is 0 Å². The molecular formula is C12H17ClZn. The molecule has 0 saturated carbocycles. The first-order chi connectivity index (χ1) is 6.00. The second kappa shape index (κ2) is 5.88. The maximum atomic E-state index is 2.36. The average Bonchev–Trinajstić information content (AvgIpc) is 2.03. The van der Waals surface area contributed by atoms with Gasteiger partial charge in [-0.2, -0.15) is 0 Å². The van der Waals surface area contributed by atoms with Crippen molar-refractivity contribution in [3.63, 3.8) is 0 Å². The van der Waals surface area contributed by atoms with Crippen molar-refractivity contribution in [2.75, 3.05) is 0 Å². The van der Waals surface area contributed by atoms with Crippen molar-refractivity contribution in [1.82, 2.24) is 0 Å². The van der Waals surface area contributed by atoms with Crippen molar-refractivity contribution in [3.05, 3.63) is 29.3 Å². The fourth-order valence-electron chi connectivity index (χ4n) is 1.41. The van der Waals surface area contributed by atoms with Crippen LogP contribution in [-0.2, 0) is 18.3 Å². The first-order valence-electron chi connectivity index (χ1n) is 4.97. The van der Waals surface area contributed by atoms with Gasteiger partial charge in [0.2, 0.25) is 0 Å². The standard InChI is InChI=1S/C12H17.ClH.Zn/c1-9(2)11-6-5-7-12(8-11)10(3)4;;/h6-10H,1-4H3;1H;/q;;+1/p-1. The Morgan fingerprint density at radius 3 is 1.50 bits per heavy atom. The molecule has 0 aliphatic heterocycles. The molecule has 0 amide bonds. The number of halogens is 1. The minimum atomic E-state index is 0. The van der Waals surface area contributed by atoms with E-state index in [2.05, 4.69) is 45.9 Å². The van der Waals surface area contributed by atoms with E-state index in [9.17, 15) is 0 Å². The zero-order valence-corrected chi connectivity index (χ0v) is 13.2.